The van der Waals surface area contributed by atoms with Crippen LogP contribution in [0.4, 0.5) is 4.39 Å². The summed E-state index contributed by atoms with van der Waals surface area (Å²) in [5, 5.41) is 4.61. The van der Waals surface area contributed by atoms with E-state index in [0.717, 1.165) is 0 Å². The largest absolute Gasteiger partial charge is 0.483 e. The average Bonchev–Trinajstić information content (AvgIpc) is 2.62. The van der Waals surface area contributed by atoms with Gasteiger partial charge in [0.2, 0.25) is 0 Å². The average molecular weight is 283 g/mol. The van der Waals surface area contributed by atoms with E-state index in [-0.39, 0.29) is 17.9 Å². The van der Waals surface area contributed by atoms with Gasteiger partial charge in [0.1, 0.15) is 6.61 Å². The van der Waals surface area contributed by atoms with Crippen LogP contribution in [0, 0.1) is 12.7 Å². The number of carbonyl (C=O) groups excluding carboxylic acids is 1. The smallest absolute Gasteiger partial charge is 0.166 e. The highest BCUT2D eigenvalue weighted by Gasteiger charge is 2.14. The normalized spacial score (nSPS) is 10.5. The van der Waals surface area contributed by atoms with Crippen LogP contribution in [-0.4, -0.2) is 16.1 Å². The van der Waals surface area contributed by atoms with Crippen molar-refractivity contribution in [2.45, 2.75) is 13.5 Å². The summed E-state index contributed by atoms with van der Waals surface area (Å²) in [6.45, 7) is 1.81. The minimum Gasteiger partial charge on any atom is -0.483 e. The Kier molecular flexibility index (Phi) is 3.85. The SMILES string of the molecule is Cc1nn(C)c(COc2c(F)cccc2C=O)c1Cl. The third-order valence-corrected chi connectivity index (χ3v) is 3.23. The van der Waals surface area contributed by atoms with Crippen molar-refractivity contribution in [3.05, 3.63) is 46.0 Å². The summed E-state index contributed by atoms with van der Waals surface area (Å²) in [6.07, 6.45) is 0.550. The number of ether oxygens (including phenoxy) is 1. The van der Waals surface area contributed by atoms with Crippen molar-refractivity contribution in [3.8, 4) is 5.75 Å². The Hall–Kier alpha value is -1.88. The quantitative estimate of drug-likeness (QED) is 0.810. The maximum absolute atomic E-state index is 13.6. The molecule has 1 aromatic carbocycles. The Labute approximate surface area is 114 Å². The summed E-state index contributed by atoms with van der Waals surface area (Å²) in [6, 6.07) is 4.17. The molecule has 0 bridgehead atoms. The van der Waals surface area contributed by atoms with Gasteiger partial charge in [-0.25, -0.2) is 4.39 Å². The van der Waals surface area contributed by atoms with Crippen LogP contribution in [0.25, 0.3) is 0 Å². The first-order valence-corrected chi connectivity index (χ1v) is 5.97. The van der Waals surface area contributed by atoms with Crippen LogP contribution in [0.5, 0.6) is 5.75 Å². The van der Waals surface area contributed by atoms with E-state index in [1.54, 1.807) is 18.7 Å². The molecule has 0 N–H and O–H groups in total. The van der Waals surface area contributed by atoms with Crippen LogP contribution in [0.2, 0.25) is 5.02 Å². The number of para-hydroxylation sites is 1. The van der Waals surface area contributed by atoms with Crippen LogP contribution < -0.4 is 4.74 Å². The molecule has 0 aliphatic rings. The molecule has 4 nitrogen and oxygen atoms in total. The molecule has 2 aromatic rings. The molecule has 1 heterocycles. The molecule has 0 amide bonds. The summed E-state index contributed by atoms with van der Waals surface area (Å²) in [4.78, 5) is 10.8. The Morgan fingerprint density at radius 3 is 2.84 bits per heavy atom. The third-order valence-electron chi connectivity index (χ3n) is 2.74. The zero-order valence-corrected chi connectivity index (χ0v) is 11.2. The van der Waals surface area contributed by atoms with Crippen LogP contribution in [-0.2, 0) is 13.7 Å². The van der Waals surface area contributed by atoms with Crippen molar-refractivity contribution in [1.82, 2.24) is 9.78 Å². The maximum atomic E-state index is 13.6. The van der Waals surface area contributed by atoms with Gasteiger partial charge in [0.05, 0.1) is 22.0 Å². The van der Waals surface area contributed by atoms with Crippen molar-refractivity contribution < 1.29 is 13.9 Å². The number of rotatable bonds is 4. The fraction of sp³-hybridized carbons (Fsp3) is 0.231. The van der Waals surface area contributed by atoms with Gasteiger partial charge in [0.15, 0.2) is 17.9 Å². The Morgan fingerprint density at radius 2 is 2.26 bits per heavy atom. The molecule has 0 radical (unpaired) electrons. The van der Waals surface area contributed by atoms with Gasteiger partial charge in [-0.15, -0.1) is 0 Å². The molecule has 19 heavy (non-hydrogen) atoms. The van der Waals surface area contributed by atoms with E-state index in [1.807, 2.05) is 0 Å². The maximum Gasteiger partial charge on any atom is 0.166 e. The molecule has 0 spiro atoms. The van der Waals surface area contributed by atoms with Crippen LogP contribution in [0.1, 0.15) is 21.7 Å². The summed E-state index contributed by atoms with van der Waals surface area (Å²) in [7, 11) is 1.72. The molecule has 0 fully saturated rings. The molecule has 0 aliphatic heterocycles. The summed E-state index contributed by atoms with van der Waals surface area (Å²) in [5.74, 6) is -0.660. The lowest BCUT2D eigenvalue weighted by Crippen LogP contribution is -2.06. The monoisotopic (exact) mass is 282 g/mol. The Bertz CT molecular complexity index is 625. The number of hydrogen-bond acceptors (Lipinski definition) is 3. The Morgan fingerprint density at radius 1 is 1.53 bits per heavy atom. The van der Waals surface area contributed by atoms with Crippen LogP contribution >= 0.6 is 11.6 Å². The Balaban J connectivity index is 2.26. The number of aldehydes is 1. The van der Waals surface area contributed by atoms with Crippen LogP contribution in [0.15, 0.2) is 18.2 Å². The molecular weight excluding hydrogens is 271 g/mol. The predicted octanol–water partition coefficient (Wildman–Crippen LogP) is 2.91. The summed E-state index contributed by atoms with van der Waals surface area (Å²) >= 11 is 6.07. The second-order valence-corrected chi connectivity index (χ2v) is 4.41. The number of halogens is 2. The van der Waals surface area contributed by atoms with Gasteiger partial charge in [0, 0.05) is 7.05 Å². The highest BCUT2D eigenvalue weighted by atomic mass is 35.5. The molecule has 0 saturated heterocycles. The topological polar surface area (TPSA) is 44.1 Å². The minimum atomic E-state index is -0.584. The molecule has 0 saturated carbocycles. The second kappa shape index (κ2) is 5.40. The molecule has 2 rings (SSSR count). The molecule has 100 valence electrons. The fourth-order valence-corrected chi connectivity index (χ4v) is 1.96. The van der Waals surface area contributed by atoms with E-state index in [4.69, 9.17) is 16.3 Å². The van der Waals surface area contributed by atoms with E-state index in [2.05, 4.69) is 5.10 Å². The number of nitrogens with zero attached hydrogens (tertiary/aromatic N) is 2. The van der Waals surface area contributed by atoms with Gasteiger partial charge in [-0.3, -0.25) is 9.48 Å². The highest BCUT2D eigenvalue weighted by molar-refractivity contribution is 6.31. The van der Waals surface area contributed by atoms with Crippen molar-refractivity contribution in [2.75, 3.05) is 0 Å². The zero-order valence-electron chi connectivity index (χ0n) is 10.5. The number of aromatic nitrogens is 2. The minimum absolute atomic E-state index is 0.0396. The molecule has 0 unspecified atom stereocenters. The summed E-state index contributed by atoms with van der Waals surface area (Å²) < 4.78 is 20.5. The van der Waals surface area contributed by atoms with Gasteiger partial charge in [-0.2, -0.15) is 5.10 Å². The van der Waals surface area contributed by atoms with E-state index in [0.29, 0.717) is 22.7 Å². The number of carbonyl (C=O) groups is 1. The van der Waals surface area contributed by atoms with Gasteiger partial charge in [-0.1, -0.05) is 17.7 Å². The van der Waals surface area contributed by atoms with Gasteiger partial charge in [0.25, 0.3) is 0 Å². The first kappa shape index (κ1) is 13.5. The van der Waals surface area contributed by atoms with Gasteiger partial charge >= 0.3 is 0 Å². The van der Waals surface area contributed by atoms with Gasteiger partial charge < -0.3 is 4.74 Å². The van der Waals surface area contributed by atoms with Gasteiger partial charge in [-0.05, 0) is 19.1 Å². The molecule has 0 aliphatic carbocycles. The lowest BCUT2D eigenvalue weighted by Gasteiger charge is -2.09. The standard InChI is InChI=1S/C13H12ClFN2O2/c1-8-12(14)11(17(2)16-8)7-19-13-9(6-18)4-3-5-10(13)15/h3-6H,7H2,1-2H3. The number of hydrogen-bond donors (Lipinski definition) is 0. The van der Waals surface area contributed by atoms with Crippen molar-refractivity contribution in [2.24, 2.45) is 7.05 Å². The second-order valence-electron chi connectivity index (χ2n) is 4.03. The van der Waals surface area contributed by atoms with E-state index in [1.165, 1.54) is 18.2 Å². The predicted molar refractivity (Wildman–Crippen MR) is 69.1 cm³/mol. The summed E-state index contributed by atoms with van der Waals surface area (Å²) in [5.41, 5.74) is 1.46. The number of benzene rings is 1. The molecule has 0 atom stereocenters. The lowest BCUT2D eigenvalue weighted by atomic mass is 10.2. The van der Waals surface area contributed by atoms with Crippen molar-refractivity contribution in [3.63, 3.8) is 0 Å². The fourth-order valence-electron chi connectivity index (χ4n) is 1.75. The van der Waals surface area contributed by atoms with E-state index in [9.17, 15) is 9.18 Å². The zero-order chi connectivity index (χ0) is 14.0. The number of aryl methyl sites for hydroxylation is 2. The van der Waals surface area contributed by atoms with E-state index < -0.39 is 5.82 Å². The van der Waals surface area contributed by atoms with Crippen LogP contribution in [0.3, 0.4) is 0 Å². The first-order valence-electron chi connectivity index (χ1n) is 5.59. The van der Waals surface area contributed by atoms with E-state index >= 15 is 0 Å². The first-order chi connectivity index (χ1) is 9.04. The lowest BCUT2D eigenvalue weighted by molar-refractivity contribution is 0.111. The van der Waals surface area contributed by atoms with Crippen molar-refractivity contribution >= 4 is 17.9 Å². The highest BCUT2D eigenvalue weighted by Crippen LogP contribution is 2.25. The molecule has 1 aromatic heterocycles. The van der Waals surface area contributed by atoms with Crippen molar-refractivity contribution in [1.29, 1.82) is 0 Å². The molecular formula is C13H12ClFN2O2. The molecule has 6 heteroatoms. The third kappa shape index (κ3) is 2.61.